The van der Waals surface area contributed by atoms with E-state index >= 15 is 0 Å². The van der Waals surface area contributed by atoms with Crippen LogP contribution in [0.1, 0.15) is 10.4 Å². The second-order valence-electron chi connectivity index (χ2n) is 2.87. The molecule has 4 nitrogen and oxygen atoms in total. The van der Waals surface area contributed by atoms with Gasteiger partial charge in [0.05, 0.1) is 0 Å². The van der Waals surface area contributed by atoms with Gasteiger partial charge in [-0.05, 0) is 12.2 Å². The smallest absolute Gasteiger partial charge is 0.205 e. The van der Waals surface area contributed by atoms with Crippen molar-refractivity contribution < 1.29 is 4.79 Å². The van der Waals surface area contributed by atoms with Crippen molar-refractivity contribution in [1.29, 1.82) is 5.26 Å². The molecule has 1 aromatic rings. The number of nitrogens with one attached hydrogen (secondary N) is 1. The number of nitriles is 1. The SMILES string of the molecule is N#C/C(=C\NC(N)=S)C(=O)c1ccccc1. The summed E-state index contributed by atoms with van der Waals surface area (Å²) in [6.45, 7) is 0. The Morgan fingerprint density at radius 2 is 2.06 bits per heavy atom. The molecule has 0 fully saturated rings. The fourth-order valence-corrected chi connectivity index (χ4v) is 1.10. The summed E-state index contributed by atoms with van der Waals surface area (Å²) in [5.74, 6) is -0.369. The molecule has 0 unspecified atom stereocenters. The Balaban J connectivity index is 2.92. The summed E-state index contributed by atoms with van der Waals surface area (Å²) in [5, 5.41) is 11.3. The number of ketones is 1. The molecule has 0 heterocycles. The number of hydrogen-bond donors (Lipinski definition) is 2. The zero-order valence-corrected chi connectivity index (χ0v) is 9.12. The average molecular weight is 231 g/mol. The Labute approximate surface area is 98.4 Å². The maximum atomic E-state index is 11.8. The highest BCUT2D eigenvalue weighted by Crippen LogP contribution is 2.06. The molecule has 0 radical (unpaired) electrons. The molecule has 0 saturated heterocycles. The van der Waals surface area contributed by atoms with E-state index in [-0.39, 0.29) is 16.5 Å². The predicted octanol–water partition coefficient (Wildman–Crippen LogP) is 1.11. The number of hydrogen-bond acceptors (Lipinski definition) is 3. The Bertz CT molecular complexity index is 474. The monoisotopic (exact) mass is 231 g/mol. The summed E-state index contributed by atoms with van der Waals surface area (Å²) >= 11 is 4.57. The van der Waals surface area contributed by atoms with Crippen LogP contribution >= 0.6 is 12.2 Å². The molecule has 0 spiro atoms. The van der Waals surface area contributed by atoms with Crippen LogP contribution in [0.5, 0.6) is 0 Å². The summed E-state index contributed by atoms with van der Waals surface area (Å²) in [7, 11) is 0. The first kappa shape index (κ1) is 11.9. The minimum atomic E-state index is -0.369. The van der Waals surface area contributed by atoms with Crippen molar-refractivity contribution in [2.45, 2.75) is 0 Å². The van der Waals surface area contributed by atoms with Gasteiger partial charge in [0.25, 0.3) is 0 Å². The molecule has 0 aliphatic rings. The van der Waals surface area contributed by atoms with E-state index in [1.54, 1.807) is 36.4 Å². The van der Waals surface area contributed by atoms with Crippen molar-refractivity contribution in [3.8, 4) is 6.07 Å². The summed E-state index contributed by atoms with van der Waals surface area (Å²) < 4.78 is 0. The van der Waals surface area contributed by atoms with Crippen LogP contribution in [0, 0.1) is 11.3 Å². The first-order valence-electron chi connectivity index (χ1n) is 4.41. The lowest BCUT2D eigenvalue weighted by Gasteiger charge is -1.99. The number of allylic oxidation sites excluding steroid dienone is 1. The van der Waals surface area contributed by atoms with Crippen molar-refractivity contribution in [2.24, 2.45) is 5.73 Å². The normalized spacial score (nSPS) is 10.3. The highest BCUT2D eigenvalue weighted by molar-refractivity contribution is 7.80. The first-order valence-corrected chi connectivity index (χ1v) is 4.82. The zero-order chi connectivity index (χ0) is 12.0. The number of rotatable bonds is 3. The number of Topliss-reactive ketones (excluding diaryl/α,β-unsaturated/α-hetero) is 1. The lowest BCUT2D eigenvalue weighted by atomic mass is 10.1. The van der Waals surface area contributed by atoms with Gasteiger partial charge in [0.2, 0.25) is 5.78 Å². The molecule has 0 aliphatic heterocycles. The van der Waals surface area contributed by atoms with Gasteiger partial charge < -0.3 is 11.1 Å². The molecule has 80 valence electrons. The van der Waals surface area contributed by atoms with Crippen LogP contribution in [0.15, 0.2) is 42.1 Å². The third-order valence-corrected chi connectivity index (χ3v) is 1.88. The topological polar surface area (TPSA) is 78.9 Å². The molecule has 1 rings (SSSR count). The summed E-state index contributed by atoms with van der Waals surface area (Å²) in [6.07, 6.45) is 1.21. The van der Waals surface area contributed by atoms with Crippen LogP contribution in [0.25, 0.3) is 0 Å². The van der Waals surface area contributed by atoms with E-state index in [2.05, 4.69) is 17.5 Å². The Hall–Kier alpha value is -2.19. The highest BCUT2D eigenvalue weighted by Gasteiger charge is 2.10. The van der Waals surface area contributed by atoms with E-state index in [4.69, 9.17) is 11.0 Å². The van der Waals surface area contributed by atoms with Crippen LogP contribution in [0.3, 0.4) is 0 Å². The van der Waals surface area contributed by atoms with Crippen LogP contribution < -0.4 is 11.1 Å². The molecule has 0 bridgehead atoms. The van der Waals surface area contributed by atoms with Gasteiger partial charge in [-0.1, -0.05) is 30.3 Å². The summed E-state index contributed by atoms with van der Waals surface area (Å²) in [4.78, 5) is 11.8. The second-order valence-corrected chi connectivity index (χ2v) is 3.31. The van der Waals surface area contributed by atoms with Gasteiger partial charge in [-0.2, -0.15) is 5.26 Å². The predicted molar refractivity (Wildman–Crippen MR) is 64.4 cm³/mol. The summed E-state index contributed by atoms with van der Waals surface area (Å²) in [5.41, 5.74) is 5.59. The lowest BCUT2D eigenvalue weighted by Crippen LogP contribution is -2.25. The quantitative estimate of drug-likeness (QED) is 0.352. The molecule has 5 heteroatoms. The van der Waals surface area contributed by atoms with Crippen molar-refractivity contribution in [3.05, 3.63) is 47.7 Å². The van der Waals surface area contributed by atoms with Crippen LogP contribution in [0.2, 0.25) is 0 Å². The van der Waals surface area contributed by atoms with E-state index < -0.39 is 0 Å². The van der Waals surface area contributed by atoms with Crippen LogP contribution in [-0.2, 0) is 0 Å². The number of nitrogens with two attached hydrogens (primary N) is 1. The zero-order valence-electron chi connectivity index (χ0n) is 8.31. The molecule has 0 aliphatic carbocycles. The van der Waals surface area contributed by atoms with Crippen LogP contribution in [0.4, 0.5) is 0 Å². The van der Waals surface area contributed by atoms with Crippen molar-refractivity contribution in [2.75, 3.05) is 0 Å². The standard InChI is InChI=1S/C11H9N3OS/c12-6-9(7-14-11(13)16)10(15)8-4-2-1-3-5-8/h1-5,7H,(H3,13,14,16)/b9-7+. The molecule has 0 saturated carbocycles. The molecule has 0 atom stereocenters. The van der Waals surface area contributed by atoms with Gasteiger partial charge in [0, 0.05) is 11.8 Å². The third-order valence-electron chi connectivity index (χ3n) is 1.76. The average Bonchev–Trinajstić information content (AvgIpc) is 2.30. The van der Waals surface area contributed by atoms with Gasteiger partial charge in [-0.3, -0.25) is 4.79 Å². The van der Waals surface area contributed by atoms with Gasteiger partial charge in [0.15, 0.2) is 5.11 Å². The van der Waals surface area contributed by atoms with E-state index in [0.717, 1.165) is 0 Å². The molecule has 3 N–H and O–H groups in total. The molecule has 16 heavy (non-hydrogen) atoms. The largest absolute Gasteiger partial charge is 0.376 e. The number of benzene rings is 1. The molecular weight excluding hydrogens is 222 g/mol. The minimum Gasteiger partial charge on any atom is -0.376 e. The number of thiocarbonyl (C=S) groups is 1. The van der Waals surface area contributed by atoms with E-state index in [1.807, 2.05) is 0 Å². The van der Waals surface area contributed by atoms with Crippen molar-refractivity contribution in [3.63, 3.8) is 0 Å². The van der Waals surface area contributed by atoms with Gasteiger partial charge in [-0.15, -0.1) is 0 Å². The van der Waals surface area contributed by atoms with Gasteiger partial charge in [0.1, 0.15) is 11.6 Å². The second kappa shape index (κ2) is 5.63. The third kappa shape index (κ3) is 3.19. The lowest BCUT2D eigenvalue weighted by molar-refractivity contribution is 0.103. The first-order chi connectivity index (χ1) is 7.65. The Kier molecular flexibility index (Phi) is 4.18. The summed E-state index contributed by atoms with van der Waals surface area (Å²) in [6, 6.07) is 10.3. The Morgan fingerprint density at radius 3 is 2.56 bits per heavy atom. The molecule has 0 amide bonds. The van der Waals surface area contributed by atoms with E-state index in [1.165, 1.54) is 6.20 Å². The number of carbonyl (C=O) groups excluding carboxylic acids is 1. The van der Waals surface area contributed by atoms with Crippen LogP contribution in [-0.4, -0.2) is 10.9 Å². The van der Waals surface area contributed by atoms with Crippen molar-refractivity contribution >= 4 is 23.1 Å². The van der Waals surface area contributed by atoms with Gasteiger partial charge >= 0.3 is 0 Å². The van der Waals surface area contributed by atoms with E-state index in [9.17, 15) is 4.79 Å². The minimum absolute atomic E-state index is 0.00797. The number of nitrogens with zero attached hydrogens (tertiary/aromatic N) is 1. The fourth-order valence-electron chi connectivity index (χ4n) is 1.04. The van der Waals surface area contributed by atoms with Crippen molar-refractivity contribution in [1.82, 2.24) is 5.32 Å². The number of carbonyl (C=O) groups is 1. The van der Waals surface area contributed by atoms with E-state index in [0.29, 0.717) is 5.56 Å². The maximum absolute atomic E-state index is 11.8. The van der Waals surface area contributed by atoms with Gasteiger partial charge in [-0.25, -0.2) is 0 Å². The maximum Gasteiger partial charge on any atom is 0.205 e. The molecular formula is C11H9N3OS. The highest BCUT2D eigenvalue weighted by atomic mass is 32.1. The Morgan fingerprint density at radius 1 is 1.44 bits per heavy atom. The fraction of sp³-hybridized carbons (Fsp3) is 0. The molecule has 1 aromatic carbocycles. The molecule has 0 aromatic heterocycles.